The molecule has 0 amide bonds. The lowest BCUT2D eigenvalue weighted by Gasteiger charge is -2.15. The first-order chi connectivity index (χ1) is 11.2. The second-order valence-electron chi connectivity index (χ2n) is 5.12. The summed E-state index contributed by atoms with van der Waals surface area (Å²) in [6.07, 6.45) is -0.864. The standard InChI is InChI=1S/C18H19N3O2/c1-3-23-13(2)19-18-20-15-11-7-8-12-16(15)21(18)17(22)14-9-5-4-6-10-14/h4-12,17,22H,3H2,1-2H3/b19-13-. The Labute approximate surface area is 134 Å². The van der Waals surface area contributed by atoms with E-state index in [0.29, 0.717) is 18.5 Å². The molecule has 0 bridgehead atoms. The SMILES string of the molecule is CCO/C(C)=N\c1nc2ccccc2n1C(O)c1ccccc1. The van der Waals surface area contributed by atoms with Gasteiger partial charge in [-0.25, -0.2) is 4.98 Å². The molecular formula is C18H19N3O2. The Morgan fingerprint density at radius 3 is 2.61 bits per heavy atom. The minimum Gasteiger partial charge on any atom is -0.481 e. The van der Waals surface area contributed by atoms with Gasteiger partial charge in [-0.1, -0.05) is 42.5 Å². The first-order valence-electron chi connectivity index (χ1n) is 7.58. The van der Waals surface area contributed by atoms with Crippen molar-refractivity contribution in [3.63, 3.8) is 0 Å². The number of rotatable bonds is 4. The Kier molecular flexibility index (Phi) is 4.39. The molecule has 0 aliphatic heterocycles. The van der Waals surface area contributed by atoms with E-state index >= 15 is 0 Å². The highest BCUT2D eigenvalue weighted by Gasteiger charge is 2.18. The number of fused-ring (bicyclic) bond motifs is 1. The van der Waals surface area contributed by atoms with Crippen molar-refractivity contribution >= 4 is 22.9 Å². The molecule has 1 atom stereocenters. The smallest absolute Gasteiger partial charge is 0.236 e. The number of ether oxygens (including phenoxy) is 1. The monoisotopic (exact) mass is 309 g/mol. The molecule has 2 aromatic carbocycles. The summed E-state index contributed by atoms with van der Waals surface area (Å²) in [5.74, 6) is 0.942. The third-order valence-corrected chi connectivity index (χ3v) is 3.53. The fourth-order valence-electron chi connectivity index (χ4n) is 2.51. The fraction of sp³-hybridized carbons (Fsp3) is 0.222. The number of aromatic nitrogens is 2. The maximum atomic E-state index is 10.8. The highest BCUT2D eigenvalue weighted by atomic mass is 16.5. The molecule has 1 aromatic heterocycles. The molecule has 0 spiro atoms. The number of aliphatic hydroxyl groups is 1. The van der Waals surface area contributed by atoms with Gasteiger partial charge in [-0.15, -0.1) is 0 Å². The van der Waals surface area contributed by atoms with Gasteiger partial charge in [0.05, 0.1) is 17.6 Å². The van der Waals surface area contributed by atoms with Gasteiger partial charge in [-0.2, -0.15) is 4.99 Å². The van der Waals surface area contributed by atoms with Crippen molar-refractivity contribution < 1.29 is 9.84 Å². The average molecular weight is 309 g/mol. The largest absolute Gasteiger partial charge is 0.481 e. The lowest BCUT2D eigenvalue weighted by Crippen LogP contribution is -2.10. The van der Waals surface area contributed by atoms with E-state index in [-0.39, 0.29) is 0 Å². The van der Waals surface area contributed by atoms with Gasteiger partial charge >= 0.3 is 0 Å². The molecule has 3 rings (SSSR count). The zero-order valence-corrected chi connectivity index (χ0v) is 13.2. The van der Waals surface area contributed by atoms with E-state index in [1.165, 1.54) is 0 Å². The van der Waals surface area contributed by atoms with Crippen LogP contribution < -0.4 is 0 Å². The highest BCUT2D eigenvalue weighted by molar-refractivity contribution is 5.81. The molecule has 0 aliphatic carbocycles. The van der Waals surface area contributed by atoms with Crippen LogP contribution in [0.1, 0.15) is 25.6 Å². The molecule has 118 valence electrons. The molecule has 0 saturated heterocycles. The lowest BCUT2D eigenvalue weighted by atomic mass is 10.2. The summed E-state index contributed by atoms with van der Waals surface area (Å²) in [5, 5.41) is 10.8. The van der Waals surface area contributed by atoms with E-state index in [4.69, 9.17) is 4.74 Å². The van der Waals surface area contributed by atoms with Gasteiger partial charge in [-0.3, -0.25) is 4.57 Å². The van der Waals surface area contributed by atoms with E-state index in [9.17, 15) is 5.11 Å². The molecule has 1 N–H and O–H groups in total. The fourth-order valence-corrected chi connectivity index (χ4v) is 2.51. The normalized spacial score (nSPS) is 13.3. The summed E-state index contributed by atoms with van der Waals surface area (Å²) >= 11 is 0. The van der Waals surface area contributed by atoms with Gasteiger partial charge in [0.15, 0.2) is 12.1 Å². The second kappa shape index (κ2) is 6.62. The number of benzene rings is 2. The van der Waals surface area contributed by atoms with E-state index in [1.54, 1.807) is 11.5 Å². The van der Waals surface area contributed by atoms with Crippen molar-refractivity contribution in [2.24, 2.45) is 4.99 Å². The molecule has 0 radical (unpaired) electrons. The maximum absolute atomic E-state index is 10.8. The van der Waals surface area contributed by atoms with Crippen molar-refractivity contribution in [2.45, 2.75) is 20.1 Å². The van der Waals surface area contributed by atoms with Crippen molar-refractivity contribution in [1.29, 1.82) is 0 Å². The van der Waals surface area contributed by atoms with Crippen LogP contribution in [0.3, 0.4) is 0 Å². The van der Waals surface area contributed by atoms with Crippen molar-refractivity contribution in [3.8, 4) is 0 Å². The zero-order chi connectivity index (χ0) is 16.2. The molecule has 5 nitrogen and oxygen atoms in total. The summed E-state index contributed by atoms with van der Waals surface area (Å²) in [7, 11) is 0. The molecule has 0 saturated carbocycles. The predicted octanol–water partition coefficient (Wildman–Crippen LogP) is 3.66. The van der Waals surface area contributed by atoms with Crippen molar-refractivity contribution in [1.82, 2.24) is 9.55 Å². The summed E-state index contributed by atoms with van der Waals surface area (Å²) in [6, 6.07) is 17.1. The molecular weight excluding hydrogens is 290 g/mol. The van der Waals surface area contributed by atoms with Crippen LogP contribution in [0, 0.1) is 0 Å². The highest BCUT2D eigenvalue weighted by Crippen LogP contribution is 2.28. The Balaban J connectivity index is 2.15. The Morgan fingerprint density at radius 2 is 1.87 bits per heavy atom. The quantitative estimate of drug-likeness (QED) is 0.591. The number of nitrogens with zero attached hydrogens (tertiary/aromatic N) is 3. The Bertz CT molecular complexity index is 825. The number of aliphatic hydroxyl groups excluding tert-OH is 1. The van der Waals surface area contributed by atoms with Gasteiger partial charge in [-0.05, 0) is 19.1 Å². The number of hydrogen-bond acceptors (Lipinski definition) is 4. The second-order valence-corrected chi connectivity index (χ2v) is 5.12. The number of aliphatic imine (C=N–C) groups is 1. The molecule has 1 heterocycles. The minimum absolute atomic E-state index is 0.425. The summed E-state index contributed by atoms with van der Waals surface area (Å²) < 4.78 is 7.11. The average Bonchev–Trinajstić information content (AvgIpc) is 2.93. The van der Waals surface area contributed by atoms with Crippen molar-refractivity contribution in [2.75, 3.05) is 6.61 Å². The van der Waals surface area contributed by atoms with Crippen LogP contribution in [-0.2, 0) is 4.74 Å². The molecule has 0 fully saturated rings. The van der Waals surface area contributed by atoms with Gasteiger partial charge in [0.2, 0.25) is 5.95 Å². The van der Waals surface area contributed by atoms with E-state index in [2.05, 4.69) is 9.98 Å². The van der Waals surface area contributed by atoms with E-state index in [1.807, 2.05) is 61.5 Å². The number of hydrogen-bond donors (Lipinski definition) is 1. The van der Waals surface area contributed by atoms with Crippen LogP contribution >= 0.6 is 0 Å². The minimum atomic E-state index is -0.864. The maximum Gasteiger partial charge on any atom is 0.236 e. The molecule has 5 heteroatoms. The first kappa shape index (κ1) is 15.2. The predicted molar refractivity (Wildman–Crippen MR) is 90.9 cm³/mol. The van der Waals surface area contributed by atoms with Crippen molar-refractivity contribution in [3.05, 3.63) is 60.2 Å². The van der Waals surface area contributed by atoms with Crippen LogP contribution in [-0.4, -0.2) is 27.2 Å². The van der Waals surface area contributed by atoms with Crippen LogP contribution in [0.2, 0.25) is 0 Å². The molecule has 1 unspecified atom stereocenters. The van der Waals surface area contributed by atoms with Crippen LogP contribution in [0.15, 0.2) is 59.6 Å². The number of para-hydroxylation sites is 2. The molecule has 0 aliphatic rings. The van der Waals surface area contributed by atoms with Gasteiger partial charge < -0.3 is 9.84 Å². The van der Waals surface area contributed by atoms with Gasteiger partial charge in [0, 0.05) is 12.5 Å². The summed E-state index contributed by atoms with van der Waals surface area (Å²) in [5.41, 5.74) is 2.39. The molecule has 23 heavy (non-hydrogen) atoms. The first-order valence-corrected chi connectivity index (χ1v) is 7.58. The number of imidazole rings is 1. The summed E-state index contributed by atoms with van der Waals surface area (Å²) in [6.45, 7) is 4.22. The third kappa shape index (κ3) is 3.10. The van der Waals surface area contributed by atoms with Crippen LogP contribution in [0.5, 0.6) is 0 Å². The Hall–Kier alpha value is -2.66. The van der Waals surface area contributed by atoms with Gasteiger partial charge in [0.1, 0.15) is 0 Å². The Morgan fingerprint density at radius 1 is 1.17 bits per heavy atom. The van der Waals surface area contributed by atoms with E-state index < -0.39 is 6.23 Å². The van der Waals surface area contributed by atoms with Crippen LogP contribution in [0.25, 0.3) is 11.0 Å². The van der Waals surface area contributed by atoms with Crippen LogP contribution in [0.4, 0.5) is 5.95 Å². The molecule has 3 aromatic rings. The third-order valence-electron chi connectivity index (χ3n) is 3.53. The summed E-state index contributed by atoms with van der Waals surface area (Å²) in [4.78, 5) is 8.94. The van der Waals surface area contributed by atoms with E-state index in [0.717, 1.165) is 16.6 Å². The van der Waals surface area contributed by atoms with Gasteiger partial charge in [0.25, 0.3) is 0 Å². The zero-order valence-electron chi connectivity index (χ0n) is 13.2. The topological polar surface area (TPSA) is 59.6 Å². The lowest BCUT2D eigenvalue weighted by molar-refractivity contribution is 0.152.